The van der Waals surface area contributed by atoms with Crippen LogP contribution in [-0.2, 0) is 6.42 Å². The van der Waals surface area contributed by atoms with Gasteiger partial charge in [0.15, 0.2) is 0 Å². The van der Waals surface area contributed by atoms with Crippen LogP contribution in [0.25, 0.3) is 0 Å². The molecule has 0 atom stereocenters. The van der Waals surface area contributed by atoms with Crippen LogP contribution in [0.5, 0.6) is 0 Å². The van der Waals surface area contributed by atoms with Gasteiger partial charge in [0, 0.05) is 24.4 Å². The summed E-state index contributed by atoms with van der Waals surface area (Å²) in [5.41, 5.74) is 5.84. The van der Waals surface area contributed by atoms with E-state index in [2.05, 4.69) is 29.5 Å². The van der Waals surface area contributed by atoms with Crippen molar-refractivity contribution < 1.29 is 0 Å². The third-order valence-corrected chi connectivity index (χ3v) is 4.38. The van der Waals surface area contributed by atoms with Crippen LogP contribution >= 0.6 is 11.3 Å². The Morgan fingerprint density at radius 3 is 2.88 bits per heavy atom. The standard InChI is InChI=1S/C13H21N3S/c1-16(7-4-11-3-2-8-17-11)10-13(5-6-13)9-12(14)15/h2-3,8H,4-7,9-10H2,1H3,(H3,14,15). The molecule has 1 aromatic heterocycles. The summed E-state index contributed by atoms with van der Waals surface area (Å²) in [6, 6.07) is 4.30. The molecule has 1 aromatic rings. The molecule has 1 fully saturated rings. The van der Waals surface area contributed by atoms with Crippen molar-refractivity contribution in [3.63, 3.8) is 0 Å². The predicted molar refractivity (Wildman–Crippen MR) is 73.7 cm³/mol. The van der Waals surface area contributed by atoms with Crippen molar-refractivity contribution in [2.75, 3.05) is 20.1 Å². The van der Waals surface area contributed by atoms with E-state index in [0.717, 1.165) is 25.9 Å². The molecule has 0 spiro atoms. The molecule has 1 aliphatic carbocycles. The normalized spacial score (nSPS) is 17.3. The SMILES string of the molecule is CN(CCc1cccs1)CC1(CC(=N)N)CC1. The number of amidine groups is 1. The number of thiophene rings is 1. The molecule has 94 valence electrons. The van der Waals surface area contributed by atoms with Gasteiger partial charge in [-0.15, -0.1) is 11.3 Å². The Morgan fingerprint density at radius 2 is 2.35 bits per heavy atom. The van der Waals surface area contributed by atoms with Gasteiger partial charge in [-0.05, 0) is 43.2 Å². The molecule has 1 aliphatic rings. The molecule has 1 heterocycles. The average molecular weight is 251 g/mol. The third kappa shape index (κ3) is 3.82. The van der Waals surface area contributed by atoms with Gasteiger partial charge in [-0.2, -0.15) is 0 Å². The Hall–Kier alpha value is -0.870. The van der Waals surface area contributed by atoms with E-state index in [1.807, 2.05) is 11.3 Å². The second kappa shape index (κ2) is 5.19. The smallest absolute Gasteiger partial charge is 0.0911 e. The third-order valence-electron chi connectivity index (χ3n) is 3.45. The zero-order chi connectivity index (χ0) is 12.3. The Bertz CT molecular complexity index is 368. The van der Waals surface area contributed by atoms with E-state index in [-0.39, 0.29) is 0 Å². The lowest BCUT2D eigenvalue weighted by Gasteiger charge is -2.23. The zero-order valence-electron chi connectivity index (χ0n) is 10.4. The second-order valence-corrected chi connectivity index (χ2v) is 6.30. The van der Waals surface area contributed by atoms with Crippen molar-refractivity contribution in [1.82, 2.24) is 4.90 Å². The topological polar surface area (TPSA) is 53.1 Å². The number of hydrogen-bond acceptors (Lipinski definition) is 3. The van der Waals surface area contributed by atoms with Gasteiger partial charge >= 0.3 is 0 Å². The number of rotatable bonds is 7. The molecular formula is C13H21N3S. The largest absolute Gasteiger partial charge is 0.388 e. The number of hydrogen-bond donors (Lipinski definition) is 2. The molecule has 17 heavy (non-hydrogen) atoms. The molecule has 0 bridgehead atoms. The number of nitrogens with zero attached hydrogens (tertiary/aromatic N) is 1. The molecule has 4 heteroatoms. The maximum Gasteiger partial charge on any atom is 0.0911 e. The number of nitrogens with one attached hydrogen (secondary N) is 1. The first kappa shape index (κ1) is 12.6. The van der Waals surface area contributed by atoms with Crippen molar-refractivity contribution >= 4 is 17.2 Å². The van der Waals surface area contributed by atoms with E-state index in [9.17, 15) is 0 Å². The Balaban J connectivity index is 1.74. The highest BCUT2D eigenvalue weighted by atomic mass is 32.1. The van der Waals surface area contributed by atoms with Gasteiger partial charge in [0.05, 0.1) is 5.84 Å². The summed E-state index contributed by atoms with van der Waals surface area (Å²) >= 11 is 1.83. The summed E-state index contributed by atoms with van der Waals surface area (Å²) in [6.45, 7) is 2.18. The zero-order valence-corrected chi connectivity index (χ0v) is 11.2. The van der Waals surface area contributed by atoms with E-state index < -0.39 is 0 Å². The summed E-state index contributed by atoms with van der Waals surface area (Å²) in [5.74, 6) is 0.342. The van der Waals surface area contributed by atoms with Gasteiger partial charge in [0.25, 0.3) is 0 Å². The van der Waals surface area contributed by atoms with Crippen LogP contribution in [-0.4, -0.2) is 30.9 Å². The average Bonchev–Trinajstić information content (AvgIpc) is 2.81. The summed E-state index contributed by atoms with van der Waals surface area (Å²) in [7, 11) is 2.17. The van der Waals surface area contributed by atoms with Gasteiger partial charge < -0.3 is 10.6 Å². The molecule has 0 radical (unpaired) electrons. The molecular weight excluding hydrogens is 230 g/mol. The highest BCUT2D eigenvalue weighted by molar-refractivity contribution is 7.09. The van der Waals surface area contributed by atoms with Crippen LogP contribution in [0.3, 0.4) is 0 Å². The van der Waals surface area contributed by atoms with Crippen LogP contribution in [0.2, 0.25) is 0 Å². The quantitative estimate of drug-likeness (QED) is 0.577. The lowest BCUT2D eigenvalue weighted by atomic mass is 10.0. The van der Waals surface area contributed by atoms with E-state index >= 15 is 0 Å². The first-order chi connectivity index (χ1) is 8.10. The molecule has 0 unspecified atom stereocenters. The van der Waals surface area contributed by atoms with Crippen molar-refractivity contribution in [2.45, 2.75) is 25.7 Å². The monoisotopic (exact) mass is 251 g/mol. The first-order valence-electron chi connectivity index (χ1n) is 6.13. The molecule has 3 N–H and O–H groups in total. The highest BCUT2D eigenvalue weighted by Crippen LogP contribution is 2.49. The lowest BCUT2D eigenvalue weighted by Crippen LogP contribution is -2.31. The maximum atomic E-state index is 7.41. The minimum Gasteiger partial charge on any atom is -0.388 e. The number of likely N-dealkylation sites (N-methyl/N-ethyl adjacent to an activating group) is 1. The molecule has 1 saturated carbocycles. The van der Waals surface area contributed by atoms with E-state index in [1.165, 1.54) is 17.7 Å². The highest BCUT2D eigenvalue weighted by Gasteiger charge is 2.43. The minimum absolute atomic E-state index is 0.329. The Morgan fingerprint density at radius 1 is 1.59 bits per heavy atom. The molecule has 0 saturated heterocycles. The molecule has 0 aromatic carbocycles. The van der Waals surface area contributed by atoms with Crippen molar-refractivity contribution in [3.05, 3.63) is 22.4 Å². The fourth-order valence-electron chi connectivity index (χ4n) is 2.38. The fraction of sp³-hybridized carbons (Fsp3) is 0.615. The van der Waals surface area contributed by atoms with Crippen LogP contribution in [0.15, 0.2) is 17.5 Å². The fourth-order valence-corrected chi connectivity index (χ4v) is 3.08. The minimum atomic E-state index is 0.329. The summed E-state index contributed by atoms with van der Waals surface area (Å²) in [5, 5.41) is 9.54. The van der Waals surface area contributed by atoms with Gasteiger partial charge in [-0.25, -0.2) is 0 Å². The van der Waals surface area contributed by atoms with E-state index in [4.69, 9.17) is 11.1 Å². The summed E-state index contributed by atoms with van der Waals surface area (Å²) < 4.78 is 0. The Labute approximate surface area is 107 Å². The van der Waals surface area contributed by atoms with E-state index in [1.54, 1.807) is 0 Å². The van der Waals surface area contributed by atoms with Gasteiger partial charge in [0.1, 0.15) is 0 Å². The maximum absolute atomic E-state index is 7.41. The second-order valence-electron chi connectivity index (χ2n) is 5.27. The van der Waals surface area contributed by atoms with Crippen LogP contribution < -0.4 is 5.73 Å². The first-order valence-corrected chi connectivity index (χ1v) is 7.01. The molecule has 0 aliphatic heterocycles. The summed E-state index contributed by atoms with van der Waals surface area (Å²) in [6.07, 6.45) is 4.37. The van der Waals surface area contributed by atoms with E-state index in [0.29, 0.717) is 11.3 Å². The molecule has 3 nitrogen and oxygen atoms in total. The summed E-state index contributed by atoms with van der Waals surface area (Å²) in [4.78, 5) is 3.84. The predicted octanol–water partition coefficient (Wildman–Crippen LogP) is 2.33. The molecule has 2 rings (SSSR count). The van der Waals surface area contributed by atoms with Crippen molar-refractivity contribution in [2.24, 2.45) is 11.1 Å². The lowest BCUT2D eigenvalue weighted by molar-refractivity contribution is 0.269. The van der Waals surface area contributed by atoms with Crippen molar-refractivity contribution in [3.8, 4) is 0 Å². The van der Waals surface area contributed by atoms with Crippen molar-refractivity contribution in [1.29, 1.82) is 5.41 Å². The molecule has 0 amide bonds. The van der Waals surface area contributed by atoms with Crippen LogP contribution in [0.4, 0.5) is 0 Å². The number of nitrogens with two attached hydrogens (primary N) is 1. The van der Waals surface area contributed by atoms with Gasteiger partial charge in [0.2, 0.25) is 0 Å². The van der Waals surface area contributed by atoms with Crippen LogP contribution in [0, 0.1) is 10.8 Å². The van der Waals surface area contributed by atoms with Gasteiger partial charge in [-0.3, -0.25) is 5.41 Å². The van der Waals surface area contributed by atoms with Gasteiger partial charge in [-0.1, -0.05) is 6.07 Å². The Kier molecular flexibility index (Phi) is 3.84. The van der Waals surface area contributed by atoms with Crippen LogP contribution in [0.1, 0.15) is 24.1 Å².